The number of allylic oxidation sites excluding steroid dienone is 4. The van der Waals surface area contributed by atoms with Crippen molar-refractivity contribution in [3.8, 4) is 35.8 Å². The van der Waals surface area contributed by atoms with Crippen LogP contribution >= 0.6 is 11.6 Å². The summed E-state index contributed by atoms with van der Waals surface area (Å²) in [6, 6.07) is 27.0. The number of nitrogens with one attached hydrogen (secondary N) is 3. The lowest BCUT2D eigenvalue weighted by Gasteiger charge is -2.24. The zero-order chi connectivity index (χ0) is 97.8. The van der Waals surface area contributed by atoms with Gasteiger partial charge in [-0.25, -0.2) is 4.98 Å². The van der Waals surface area contributed by atoms with E-state index in [0.29, 0.717) is 56.8 Å². The number of alkyl halides is 9. The van der Waals surface area contributed by atoms with Gasteiger partial charge in [-0.1, -0.05) is 129 Å². The van der Waals surface area contributed by atoms with Crippen LogP contribution in [0.5, 0.6) is 0 Å². The maximum atomic E-state index is 12.8. The van der Waals surface area contributed by atoms with Gasteiger partial charge < -0.3 is 13.2 Å². The molecule has 5 aliphatic carbocycles. The molecule has 694 valence electrons. The fraction of sp³-hybridized carbons (Fsp3) is 0.307. The number of hydrogen-bond donors (Lipinski definition) is 3. The second kappa shape index (κ2) is 46.7. The Morgan fingerprint density at radius 1 is 0.508 bits per heavy atom. The molecule has 0 spiro atoms. The molecular weight excluding hydrogens is 1890 g/mol. The number of nitriles is 4. The highest BCUT2D eigenvalue weighted by Gasteiger charge is 2.62. The molecule has 35 nitrogen and oxygen atoms in total. The van der Waals surface area contributed by atoms with Gasteiger partial charge in [0.15, 0.2) is 28.6 Å². The van der Waals surface area contributed by atoms with E-state index in [4.69, 9.17) is 43.0 Å². The quantitative estimate of drug-likeness (QED) is 0.0442. The minimum atomic E-state index is -6.93. The molecule has 132 heavy (non-hydrogen) atoms. The van der Waals surface area contributed by atoms with Gasteiger partial charge in [0, 0.05) is 108 Å². The van der Waals surface area contributed by atoms with Crippen molar-refractivity contribution < 1.29 is 108 Å². The number of ketones is 1. The number of H-pyrrole nitrogens is 3. The molecule has 6 aliphatic rings. The lowest BCUT2D eigenvalue weighted by molar-refractivity contribution is -0.117. The number of benzene rings is 3. The average Bonchev–Trinajstić information content (AvgIpc) is 0.951. The Kier molecular flexibility index (Phi) is 39.6. The molecule has 7 aromatic heterocycles. The fourth-order valence-corrected chi connectivity index (χ4v) is 19.0. The molecule has 0 bridgehead atoms. The van der Waals surface area contributed by atoms with Crippen LogP contribution in [0.25, 0.3) is 35.8 Å². The number of halogens is 11. The molecule has 3 N–H and O–H groups in total. The molecule has 10 radical (unpaired) electrons. The minimum Gasteiger partial charge on any atom is -0.381 e. The number of carbonyl (C=O) groups is 1. The molecule has 3 aromatic carbocycles. The number of fused-ring (bicyclic) bond motifs is 5. The molecule has 1 saturated heterocycles. The van der Waals surface area contributed by atoms with E-state index in [-0.39, 0.29) is 89.3 Å². The maximum absolute atomic E-state index is 12.8. The number of Topliss-reactive ketones (excluding diaryl/α,β-unsaturated/α-hetero) is 1. The first kappa shape index (κ1) is 112. The van der Waals surface area contributed by atoms with Crippen molar-refractivity contribution in [2.75, 3.05) is 16.9 Å². The summed E-state index contributed by atoms with van der Waals surface area (Å²) in [7, 11) is -12.5. The van der Waals surface area contributed by atoms with Crippen LogP contribution in [0.3, 0.4) is 0 Å². The van der Waals surface area contributed by atoms with E-state index >= 15 is 0 Å². The number of aromatic amines is 3. The summed E-state index contributed by atoms with van der Waals surface area (Å²) >= 11 is 5.30. The number of nitrogens with zero attached hydrogens (tertiary/aromatic N) is 17. The average molecular weight is 1970 g/mol. The summed E-state index contributed by atoms with van der Waals surface area (Å²) in [6.45, 7) is 15.0. The van der Waals surface area contributed by atoms with Crippen molar-refractivity contribution in [1.29, 1.82) is 22.4 Å². The highest BCUT2D eigenvalue weighted by molar-refractivity contribution is 8.11. The van der Waals surface area contributed by atoms with Crippen molar-refractivity contribution in [2.45, 2.75) is 153 Å². The number of anilines is 1. The van der Waals surface area contributed by atoms with E-state index in [1.807, 2.05) is 51.1 Å². The number of rotatable bonds is 12. The summed E-state index contributed by atoms with van der Waals surface area (Å²) in [4.78, 5) is 14.5. The first-order valence-electron chi connectivity index (χ1n) is 36.4. The molecule has 0 amide bonds. The Morgan fingerprint density at radius 2 is 0.902 bits per heavy atom. The standard InChI is InChI=1S/C15H10F3N3O5S2.C15H13N3O2S.C14H11N3O3S.C8H8N6.C8H7N3.C7H3ClF6N2O4S2.C4H8O.CH3B.3CH4.B2.BF.BH/c1-9-2-4-11(5-3-9)27(22,23)21-14-7-10(6-12(14)13(8-19)20-21)26-28(24,25)15(16,17)18;1-10-3-5-12(6-4-10)21(19,20)18-15-8-11(2)7-13(15)14(9-16)17-18;1-9-2-4-11(5-3-9)21(19,20)17-14-7-10(18)6-12(14)13(8-15)16-17;1-4-2-5-6(3-4)9-10-7(5)8-11-13-14-12-8;1-5-2-6-7(3-5)10-11-8(6)4-9;8-4-1-2-5(15-3-4)16(21(17,18)6(9,10)11)22(19,20)7(12,13)14;1-2-4-5-3-1;1-2;;;;2*1-2;/h2-6H,7H2,1H3;3-7H,8H2,1-2H3;2-5H,6-7H2,1H3;2H,3H2,1H3,(H,9,10)(H,11,12,13,14);2H,3H2,1H3,(H,10,11);1-3H;1-4H2;1H3;3*1H4;;;1H/i;;;;;;;;;;;;;1D. The first-order chi connectivity index (χ1) is 61.0. The fourth-order valence-electron chi connectivity index (χ4n) is 11.8. The predicted molar refractivity (Wildman–Crippen MR) is 468 cm³/mol. The number of tetrazole rings is 1. The van der Waals surface area contributed by atoms with E-state index in [2.05, 4.69) is 125 Å². The number of pyridine rings is 1. The third kappa shape index (κ3) is 25.7. The Morgan fingerprint density at radius 3 is 1.30 bits per heavy atom. The van der Waals surface area contributed by atoms with Crippen LogP contribution in [0.1, 0.15) is 152 Å². The summed E-state index contributed by atoms with van der Waals surface area (Å²) in [5.74, 6) is -1.88. The summed E-state index contributed by atoms with van der Waals surface area (Å²) in [5.41, 5.74) is -5.04. The predicted octanol–water partition coefficient (Wildman–Crippen LogP) is 10.9. The Balaban J connectivity index is 0.000000404. The van der Waals surface area contributed by atoms with E-state index in [0.717, 1.165) is 90.8 Å². The van der Waals surface area contributed by atoms with Crippen molar-refractivity contribution >= 4 is 148 Å². The normalized spacial score (nSPS) is 13.5. The molecule has 16 rings (SSSR count). The van der Waals surface area contributed by atoms with Gasteiger partial charge in [-0.05, 0) is 116 Å². The zero-order valence-electron chi connectivity index (χ0n) is 68.8. The van der Waals surface area contributed by atoms with Gasteiger partial charge in [-0.3, -0.25) is 15.0 Å². The molecule has 10 aromatic rings. The summed E-state index contributed by atoms with van der Waals surface area (Å²) < 4.78 is 279. The molecule has 57 heteroatoms. The Bertz CT molecular complexity index is 6790. The zero-order valence-corrected chi connectivity index (χ0v) is 73.4. The van der Waals surface area contributed by atoms with Crippen LogP contribution in [-0.2, 0) is 112 Å². The van der Waals surface area contributed by atoms with Crippen LogP contribution in [-0.4, -0.2) is 201 Å². The molecular formula is C75H76B5ClF10N20O15S6. The number of hydrogen-bond acceptors (Lipinski definition) is 28. The van der Waals surface area contributed by atoms with Gasteiger partial charge in [-0.2, -0.15) is 139 Å². The number of aryl methyl sites for hydroxylation is 3. The van der Waals surface area contributed by atoms with E-state index in [1.165, 1.54) is 67.2 Å². The number of sulfonamides is 2. The lowest BCUT2D eigenvalue weighted by Crippen LogP contribution is -2.49. The van der Waals surface area contributed by atoms with Crippen molar-refractivity contribution in [2.24, 2.45) is 0 Å². The lowest BCUT2D eigenvalue weighted by atomic mass is 9.81. The van der Waals surface area contributed by atoms with E-state index in [9.17, 15) is 94.8 Å². The molecule has 0 atom stereocenters. The molecule has 0 saturated carbocycles. The molecule has 1 aliphatic heterocycles. The molecule has 1 fully saturated rings. The van der Waals surface area contributed by atoms with Gasteiger partial charge >= 0.3 is 54.8 Å². The smallest absolute Gasteiger partial charge is 0.381 e. The van der Waals surface area contributed by atoms with Gasteiger partial charge in [-0.15, -0.1) is 29.2 Å². The topological polar surface area (TPSA) is 517 Å². The number of carbonyl (C=O) groups excluding carboxylic acids is 1. The minimum absolute atomic E-state index is 0. The van der Waals surface area contributed by atoms with E-state index in [1.54, 1.807) is 49.4 Å². The highest BCUT2D eigenvalue weighted by atomic mass is 35.5. The van der Waals surface area contributed by atoms with Crippen LogP contribution in [0.15, 0.2) is 128 Å². The van der Waals surface area contributed by atoms with Crippen molar-refractivity contribution in [3.05, 3.63) is 214 Å². The summed E-state index contributed by atoms with van der Waals surface area (Å²) in [5, 5.41) is 74.8. The van der Waals surface area contributed by atoms with Crippen LogP contribution in [0.4, 0.5) is 49.6 Å². The van der Waals surface area contributed by atoms with Gasteiger partial charge in [0.1, 0.15) is 41.5 Å². The third-order valence-corrected chi connectivity index (χ3v) is 27.3. The third-order valence-electron chi connectivity index (χ3n) is 17.6. The Hall–Kier alpha value is -12.3. The van der Waals surface area contributed by atoms with Gasteiger partial charge in [0.05, 0.1) is 57.5 Å². The SMILES string of the molecule is C.C.C.C1CCOC1.CC1=Cc2c(-c3nn[nH]n3)n[nH]c2C1.CC1=Cc2c(C#N)n[nH]c2C1.CC1=Cc2c(C#N)nn(S(=O)(=O)c3ccc(C)cc3)c2C1.Cc1ccc(S(=O)(=O)n2nc(C#N)c3c2CC(=O)C3)cc1.Cc1ccc(S(=O)(=O)n2nc(C#N)c3c2CC(OS(=O)(=O)C(F)(F)F)=C3)cc1.O=S(=O)(N(c1ccc(Cl)cn1)S(=O)(=O)C(F)(F)F)C(F)(F)F.[2H][B].[B]C.[B]F.[B][B]. The van der Waals surface area contributed by atoms with E-state index < -0.39 is 104 Å². The van der Waals surface area contributed by atoms with Crippen LogP contribution in [0, 0.1) is 66.1 Å². The van der Waals surface area contributed by atoms with Crippen LogP contribution < -0.4 is 3.71 Å². The monoisotopic (exact) mass is 1970 g/mol. The number of aromatic nitrogens is 15. The Labute approximate surface area is 767 Å². The molecule has 8 heterocycles. The first-order valence-corrected chi connectivity index (χ1v) is 44.8. The van der Waals surface area contributed by atoms with Crippen LogP contribution in [0.2, 0.25) is 11.8 Å². The second-order valence-corrected chi connectivity index (χ2v) is 37.8. The molecule has 0 unspecified atom stereocenters. The van der Waals surface area contributed by atoms with Gasteiger partial charge in [0.25, 0.3) is 30.1 Å². The highest BCUT2D eigenvalue weighted by Crippen LogP contribution is 2.40. The van der Waals surface area contributed by atoms with Gasteiger partial charge in [0.2, 0.25) is 5.82 Å². The second-order valence-electron chi connectivity index (χ2n) is 26.7. The number of ether oxygens (including phenoxy) is 1. The maximum Gasteiger partial charge on any atom is 0.534 e. The van der Waals surface area contributed by atoms with Crippen molar-refractivity contribution in [1.82, 2.24) is 73.6 Å². The summed E-state index contributed by atoms with van der Waals surface area (Å²) in [6.07, 6.45) is 11.6. The van der Waals surface area contributed by atoms with Crippen molar-refractivity contribution in [3.63, 3.8) is 0 Å². The largest absolute Gasteiger partial charge is 0.534 e.